The van der Waals surface area contributed by atoms with E-state index in [2.05, 4.69) is 5.32 Å². The maximum atomic E-state index is 11.4. The summed E-state index contributed by atoms with van der Waals surface area (Å²) in [7, 11) is 0. The maximum Gasteiger partial charge on any atom is 0.338 e. The largest absolute Gasteiger partial charge is 0.478 e. The van der Waals surface area contributed by atoms with Crippen LogP contribution in [0.1, 0.15) is 41.4 Å². The standard InChI is InChI=1S/C16H11NO8/c18-13(19)7-3-1-5-9(11(7)15(22)23)17-10-6-2-4-8(14(20)21)12(10)16(24)25/h1-6,17H,(H,18,19)(H,20,21)(H,22,23)(H,24,25). The van der Waals surface area contributed by atoms with E-state index in [0.717, 1.165) is 12.1 Å². The first-order valence-electron chi connectivity index (χ1n) is 6.70. The Morgan fingerprint density at radius 3 is 1.24 bits per heavy atom. The Morgan fingerprint density at radius 2 is 0.960 bits per heavy atom. The highest BCUT2D eigenvalue weighted by molar-refractivity contribution is 6.09. The van der Waals surface area contributed by atoms with Gasteiger partial charge in [-0.2, -0.15) is 0 Å². The number of hydrogen-bond donors (Lipinski definition) is 5. The highest BCUT2D eigenvalue weighted by atomic mass is 16.4. The fourth-order valence-corrected chi connectivity index (χ4v) is 2.28. The van der Waals surface area contributed by atoms with E-state index in [1.54, 1.807) is 0 Å². The van der Waals surface area contributed by atoms with Gasteiger partial charge >= 0.3 is 23.9 Å². The molecule has 0 aliphatic rings. The average Bonchev–Trinajstić information content (AvgIpc) is 2.53. The topological polar surface area (TPSA) is 161 Å². The quantitative estimate of drug-likeness (QED) is 0.528. The van der Waals surface area contributed by atoms with Crippen molar-refractivity contribution in [1.82, 2.24) is 0 Å². The van der Waals surface area contributed by atoms with Crippen molar-refractivity contribution in [1.29, 1.82) is 0 Å². The van der Waals surface area contributed by atoms with Crippen molar-refractivity contribution in [2.24, 2.45) is 0 Å². The Balaban J connectivity index is 2.66. The number of rotatable bonds is 6. The van der Waals surface area contributed by atoms with Gasteiger partial charge < -0.3 is 25.7 Å². The Bertz CT molecular complexity index is 830. The monoisotopic (exact) mass is 345 g/mol. The summed E-state index contributed by atoms with van der Waals surface area (Å²) in [5.74, 6) is -6.02. The summed E-state index contributed by atoms with van der Waals surface area (Å²) in [5, 5.41) is 39.3. The second-order valence-electron chi connectivity index (χ2n) is 4.80. The Morgan fingerprint density at radius 1 is 0.600 bits per heavy atom. The third-order valence-corrected chi connectivity index (χ3v) is 3.29. The zero-order valence-corrected chi connectivity index (χ0v) is 12.4. The average molecular weight is 345 g/mol. The van der Waals surface area contributed by atoms with Crippen LogP contribution in [0, 0.1) is 0 Å². The lowest BCUT2D eigenvalue weighted by Gasteiger charge is -2.14. The van der Waals surface area contributed by atoms with Gasteiger partial charge in [-0.05, 0) is 24.3 Å². The van der Waals surface area contributed by atoms with Crippen LogP contribution in [-0.4, -0.2) is 44.3 Å². The minimum Gasteiger partial charge on any atom is -0.478 e. The summed E-state index contributed by atoms with van der Waals surface area (Å²) < 4.78 is 0. The highest BCUT2D eigenvalue weighted by Crippen LogP contribution is 2.28. The number of anilines is 2. The van der Waals surface area contributed by atoms with E-state index in [0.29, 0.717) is 0 Å². The Hall–Kier alpha value is -3.88. The second-order valence-corrected chi connectivity index (χ2v) is 4.80. The molecule has 0 amide bonds. The molecule has 0 aromatic heterocycles. The van der Waals surface area contributed by atoms with Crippen LogP contribution < -0.4 is 5.32 Å². The van der Waals surface area contributed by atoms with E-state index < -0.39 is 46.1 Å². The van der Waals surface area contributed by atoms with Crippen LogP contribution in [0.2, 0.25) is 0 Å². The molecule has 2 aromatic carbocycles. The summed E-state index contributed by atoms with van der Waals surface area (Å²) in [4.78, 5) is 45.2. The molecule has 0 atom stereocenters. The molecular weight excluding hydrogens is 334 g/mol. The summed E-state index contributed by atoms with van der Waals surface area (Å²) in [5.41, 5.74) is -2.51. The number of benzene rings is 2. The lowest BCUT2D eigenvalue weighted by atomic mass is 10.0. The van der Waals surface area contributed by atoms with Gasteiger partial charge in [0, 0.05) is 0 Å². The predicted molar refractivity (Wildman–Crippen MR) is 84.0 cm³/mol. The van der Waals surface area contributed by atoms with Gasteiger partial charge in [-0.25, -0.2) is 19.2 Å². The molecular formula is C16H11NO8. The van der Waals surface area contributed by atoms with E-state index >= 15 is 0 Å². The second kappa shape index (κ2) is 6.71. The lowest BCUT2D eigenvalue weighted by molar-refractivity contribution is 0.0651. The first kappa shape index (κ1) is 17.5. The molecule has 9 nitrogen and oxygen atoms in total. The molecule has 0 saturated carbocycles. The van der Waals surface area contributed by atoms with Crippen LogP contribution in [0.5, 0.6) is 0 Å². The molecule has 0 radical (unpaired) electrons. The van der Waals surface area contributed by atoms with Gasteiger partial charge in [0.15, 0.2) is 0 Å². The molecule has 0 aliphatic carbocycles. The van der Waals surface area contributed by atoms with Gasteiger partial charge in [0.1, 0.15) is 0 Å². The Labute approximate surface area is 139 Å². The number of nitrogens with one attached hydrogen (secondary N) is 1. The molecule has 0 heterocycles. The van der Waals surface area contributed by atoms with Gasteiger partial charge in [-0.3, -0.25) is 0 Å². The number of carbonyl (C=O) groups is 4. The first-order chi connectivity index (χ1) is 11.7. The molecule has 128 valence electrons. The van der Waals surface area contributed by atoms with E-state index in [9.17, 15) is 29.4 Å². The van der Waals surface area contributed by atoms with Crippen LogP contribution >= 0.6 is 0 Å². The highest BCUT2D eigenvalue weighted by Gasteiger charge is 2.23. The molecule has 0 saturated heterocycles. The summed E-state index contributed by atoms with van der Waals surface area (Å²) >= 11 is 0. The molecule has 0 aliphatic heterocycles. The van der Waals surface area contributed by atoms with E-state index in [1.165, 1.54) is 24.3 Å². The lowest BCUT2D eigenvalue weighted by Crippen LogP contribution is -2.14. The summed E-state index contributed by atoms with van der Waals surface area (Å²) in [6.45, 7) is 0. The van der Waals surface area contributed by atoms with Crippen molar-refractivity contribution in [3.05, 3.63) is 58.7 Å². The van der Waals surface area contributed by atoms with E-state index in [1.807, 2.05) is 0 Å². The van der Waals surface area contributed by atoms with Gasteiger partial charge in [0.2, 0.25) is 0 Å². The van der Waals surface area contributed by atoms with Crippen molar-refractivity contribution < 1.29 is 39.6 Å². The van der Waals surface area contributed by atoms with Crippen molar-refractivity contribution in [3.8, 4) is 0 Å². The fourth-order valence-electron chi connectivity index (χ4n) is 2.28. The number of carboxylic acids is 4. The van der Waals surface area contributed by atoms with Gasteiger partial charge in [-0.15, -0.1) is 0 Å². The normalized spacial score (nSPS) is 10.1. The van der Waals surface area contributed by atoms with Gasteiger partial charge in [-0.1, -0.05) is 12.1 Å². The molecule has 0 bridgehead atoms. The Kier molecular flexibility index (Phi) is 4.69. The number of hydrogen-bond acceptors (Lipinski definition) is 5. The predicted octanol–water partition coefficient (Wildman–Crippen LogP) is 2.22. The number of carboxylic acid groups (broad SMARTS) is 4. The van der Waals surface area contributed by atoms with Crippen LogP contribution in [0.3, 0.4) is 0 Å². The molecule has 25 heavy (non-hydrogen) atoms. The fraction of sp³-hybridized carbons (Fsp3) is 0. The summed E-state index contributed by atoms with van der Waals surface area (Å²) in [6.07, 6.45) is 0. The molecule has 5 N–H and O–H groups in total. The van der Waals surface area contributed by atoms with E-state index in [4.69, 9.17) is 10.2 Å². The molecule has 2 aromatic rings. The van der Waals surface area contributed by atoms with Crippen LogP contribution in [-0.2, 0) is 0 Å². The van der Waals surface area contributed by atoms with Crippen molar-refractivity contribution >= 4 is 35.3 Å². The summed E-state index contributed by atoms with van der Waals surface area (Å²) in [6, 6.07) is 7.22. The van der Waals surface area contributed by atoms with Crippen LogP contribution in [0.25, 0.3) is 0 Å². The van der Waals surface area contributed by atoms with Crippen molar-refractivity contribution in [2.45, 2.75) is 0 Å². The van der Waals surface area contributed by atoms with E-state index in [-0.39, 0.29) is 11.4 Å². The van der Waals surface area contributed by atoms with Crippen LogP contribution in [0.15, 0.2) is 36.4 Å². The minimum atomic E-state index is -1.54. The first-order valence-corrected chi connectivity index (χ1v) is 6.70. The zero-order valence-electron chi connectivity index (χ0n) is 12.4. The minimum absolute atomic E-state index is 0.183. The SMILES string of the molecule is O=C(O)c1cccc(Nc2cccc(C(=O)O)c2C(=O)O)c1C(=O)O. The molecule has 0 fully saturated rings. The molecule has 0 spiro atoms. The molecule has 9 heteroatoms. The maximum absolute atomic E-state index is 11.4. The third kappa shape index (κ3) is 3.39. The third-order valence-electron chi connectivity index (χ3n) is 3.29. The van der Waals surface area contributed by atoms with Crippen molar-refractivity contribution in [3.63, 3.8) is 0 Å². The van der Waals surface area contributed by atoms with Gasteiger partial charge in [0.25, 0.3) is 0 Å². The zero-order chi connectivity index (χ0) is 18.7. The van der Waals surface area contributed by atoms with Crippen molar-refractivity contribution in [2.75, 3.05) is 5.32 Å². The molecule has 2 rings (SSSR count). The smallest absolute Gasteiger partial charge is 0.338 e. The molecule has 0 unspecified atom stereocenters. The van der Waals surface area contributed by atoms with Crippen LogP contribution in [0.4, 0.5) is 11.4 Å². The number of aromatic carboxylic acids is 4. The van der Waals surface area contributed by atoms with Gasteiger partial charge in [0.05, 0.1) is 33.6 Å².